The Bertz CT molecular complexity index is 1890. The maximum atomic E-state index is 14.7. The van der Waals surface area contributed by atoms with Crippen molar-refractivity contribution in [1.82, 2.24) is 10.2 Å². The van der Waals surface area contributed by atoms with Gasteiger partial charge in [0.2, 0.25) is 11.8 Å². The van der Waals surface area contributed by atoms with Gasteiger partial charge in [0.05, 0.1) is 22.6 Å². The van der Waals surface area contributed by atoms with Gasteiger partial charge in [-0.1, -0.05) is 85.3 Å². The highest BCUT2D eigenvalue weighted by atomic mass is 35.5. The van der Waals surface area contributed by atoms with Crippen LogP contribution in [0.1, 0.15) is 37.0 Å². The number of rotatable bonds is 15. The molecule has 49 heavy (non-hydrogen) atoms. The van der Waals surface area contributed by atoms with Crippen LogP contribution >= 0.6 is 11.6 Å². The van der Waals surface area contributed by atoms with Crippen molar-refractivity contribution in [3.63, 3.8) is 0 Å². The predicted octanol–water partition coefficient (Wildman–Crippen LogP) is 6.32. The number of ether oxygens (including phenoxy) is 1. The van der Waals surface area contributed by atoms with Crippen LogP contribution in [-0.2, 0) is 32.6 Å². The van der Waals surface area contributed by atoms with E-state index in [-0.39, 0.29) is 41.0 Å². The van der Waals surface area contributed by atoms with Gasteiger partial charge in [0.1, 0.15) is 18.3 Å². The molecule has 258 valence electrons. The predicted molar refractivity (Wildman–Crippen MR) is 189 cm³/mol. The van der Waals surface area contributed by atoms with E-state index in [2.05, 4.69) is 5.32 Å². The molecule has 0 saturated carbocycles. The van der Waals surface area contributed by atoms with E-state index in [4.69, 9.17) is 16.3 Å². The lowest BCUT2D eigenvalue weighted by Crippen LogP contribution is -2.54. The van der Waals surface area contributed by atoms with Crippen molar-refractivity contribution in [2.24, 2.45) is 0 Å². The molecule has 1 N–H and O–H groups in total. The molecular weight excluding hydrogens is 668 g/mol. The van der Waals surface area contributed by atoms with Gasteiger partial charge in [-0.25, -0.2) is 8.42 Å². The molecule has 0 aliphatic heterocycles. The highest BCUT2D eigenvalue weighted by Gasteiger charge is 2.36. The van der Waals surface area contributed by atoms with Crippen LogP contribution in [0.5, 0.6) is 5.75 Å². The number of hydrogen-bond acceptors (Lipinski definition) is 7. The minimum Gasteiger partial charge on any atom is -0.495 e. The van der Waals surface area contributed by atoms with E-state index < -0.39 is 49.9 Å². The molecular formula is C36H39ClN4O7S. The molecule has 4 aromatic rings. The Morgan fingerprint density at radius 3 is 2.18 bits per heavy atom. The number of methoxy groups -OCH3 is 1. The van der Waals surface area contributed by atoms with Gasteiger partial charge < -0.3 is 15.0 Å². The normalized spacial score (nSPS) is 12.4. The summed E-state index contributed by atoms with van der Waals surface area (Å²) >= 11 is 6.34. The molecule has 11 nitrogen and oxygen atoms in total. The van der Waals surface area contributed by atoms with Crippen molar-refractivity contribution < 1.29 is 27.7 Å². The summed E-state index contributed by atoms with van der Waals surface area (Å²) < 4.78 is 35.2. The maximum Gasteiger partial charge on any atom is 0.273 e. The Morgan fingerprint density at radius 1 is 0.959 bits per heavy atom. The van der Waals surface area contributed by atoms with Crippen LogP contribution in [-0.4, -0.2) is 55.8 Å². The molecule has 0 heterocycles. The van der Waals surface area contributed by atoms with Crippen molar-refractivity contribution in [2.75, 3.05) is 18.0 Å². The number of nitro groups is 1. The molecule has 2 atom stereocenters. The second-order valence-corrected chi connectivity index (χ2v) is 13.9. The number of anilines is 1. The largest absolute Gasteiger partial charge is 0.495 e. The minimum atomic E-state index is -4.66. The summed E-state index contributed by atoms with van der Waals surface area (Å²) in [5.41, 5.74) is 1.31. The topological polar surface area (TPSA) is 139 Å². The molecule has 0 bridgehead atoms. The fourth-order valence-corrected chi connectivity index (χ4v) is 6.82. The first-order chi connectivity index (χ1) is 23.3. The Labute approximate surface area is 291 Å². The Balaban J connectivity index is 1.88. The van der Waals surface area contributed by atoms with E-state index in [1.165, 1.54) is 49.3 Å². The molecule has 4 aromatic carbocycles. The number of nitro benzene ring substituents is 1. The third-order valence-corrected chi connectivity index (χ3v) is 10.1. The lowest BCUT2D eigenvalue weighted by Gasteiger charge is -2.34. The van der Waals surface area contributed by atoms with E-state index in [9.17, 15) is 28.1 Å². The highest BCUT2D eigenvalue weighted by Crippen LogP contribution is 2.36. The van der Waals surface area contributed by atoms with Crippen molar-refractivity contribution in [3.05, 3.63) is 129 Å². The third kappa shape index (κ3) is 9.15. The summed E-state index contributed by atoms with van der Waals surface area (Å²) in [7, 11) is -3.32. The van der Waals surface area contributed by atoms with Crippen LogP contribution in [0, 0.1) is 17.0 Å². The number of sulfonamides is 1. The molecule has 0 aliphatic rings. The van der Waals surface area contributed by atoms with E-state index >= 15 is 0 Å². The third-order valence-electron chi connectivity index (χ3n) is 8.12. The maximum absolute atomic E-state index is 14.7. The summed E-state index contributed by atoms with van der Waals surface area (Å²) in [6.07, 6.45) is 0.804. The Kier molecular flexibility index (Phi) is 12.4. The van der Waals surface area contributed by atoms with Gasteiger partial charge in [0, 0.05) is 35.7 Å². The van der Waals surface area contributed by atoms with Crippen LogP contribution in [0.15, 0.2) is 102 Å². The second-order valence-electron chi connectivity index (χ2n) is 11.6. The van der Waals surface area contributed by atoms with Crippen LogP contribution in [0.4, 0.5) is 11.4 Å². The van der Waals surface area contributed by atoms with Gasteiger partial charge in [-0.15, -0.1) is 0 Å². The standard InChI is InChI=1S/C36H39ClN4O7S/c1-5-26(3)38-36(43)33(20-27-12-8-6-9-13-27)39(23-28-14-10-7-11-15-28)35(42)24-40(32-21-29(37)17-19-34(32)48-4)49(46,47)30-18-16-25(2)31(22-30)41(44)45/h6-19,21-22,26,33H,5,20,23-24H2,1-4H3,(H,38,43). The Morgan fingerprint density at radius 2 is 1.59 bits per heavy atom. The van der Waals surface area contributed by atoms with Gasteiger partial charge in [0.25, 0.3) is 15.7 Å². The first-order valence-electron chi connectivity index (χ1n) is 15.6. The molecule has 0 saturated heterocycles. The number of carbonyl (C=O) groups excluding carboxylic acids is 2. The van der Waals surface area contributed by atoms with Gasteiger partial charge in [-0.2, -0.15) is 0 Å². The molecule has 0 aliphatic carbocycles. The first-order valence-corrected chi connectivity index (χ1v) is 17.5. The zero-order valence-corrected chi connectivity index (χ0v) is 29.3. The molecule has 2 unspecified atom stereocenters. The number of halogens is 1. The lowest BCUT2D eigenvalue weighted by molar-refractivity contribution is -0.385. The van der Waals surface area contributed by atoms with E-state index in [1.54, 1.807) is 12.1 Å². The fraction of sp³-hybridized carbons (Fsp3) is 0.278. The molecule has 0 radical (unpaired) electrons. The molecule has 13 heteroatoms. The summed E-state index contributed by atoms with van der Waals surface area (Å²) in [5.74, 6) is -1.00. The van der Waals surface area contributed by atoms with Gasteiger partial charge in [0.15, 0.2) is 0 Å². The smallest absolute Gasteiger partial charge is 0.273 e. The summed E-state index contributed by atoms with van der Waals surface area (Å²) in [6, 6.07) is 24.9. The van der Waals surface area contributed by atoms with Crippen LogP contribution in [0.2, 0.25) is 5.02 Å². The van der Waals surface area contributed by atoms with E-state index in [0.717, 1.165) is 15.9 Å². The number of nitrogens with one attached hydrogen (secondary N) is 1. The minimum absolute atomic E-state index is 0.0122. The summed E-state index contributed by atoms with van der Waals surface area (Å²) in [6.45, 7) is 4.49. The molecule has 4 rings (SSSR count). The number of hydrogen-bond donors (Lipinski definition) is 1. The number of aryl methyl sites for hydroxylation is 1. The van der Waals surface area contributed by atoms with Crippen LogP contribution < -0.4 is 14.4 Å². The van der Waals surface area contributed by atoms with Gasteiger partial charge >= 0.3 is 0 Å². The quantitative estimate of drug-likeness (QED) is 0.113. The number of carbonyl (C=O) groups is 2. The lowest BCUT2D eigenvalue weighted by atomic mass is 10.0. The number of amides is 2. The van der Waals surface area contributed by atoms with Gasteiger partial charge in [-0.3, -0.25) is 24.0 Å². The summed E-state index contributed by atoms with van der Waals surface area (Å²) in [5, 5.41) is 14.9. The molecule has 0 fully saturated rings. The first kappa shape index (κ1) is 36.9. The van der Waals surface area contributed by atoms with Crippen LogP contribution in [0.3, 0.4) is 0 Å². The molecule has 0 aromatic heterocycles. The van der Waals surface area contributed by atoms with Crippen molar-refractivity contribution in [2.45, 2.75) is 57.1 Å². The Hall–Kier alpha value is -4.94. The van der Waals surface area contributed by atoms with E-state index in [1.807, 2.05) is 62.4 Å². The van der Waals surface area contributed by atoms with Crippen molar-refractivity contribution in [1.29, 1.82) is 0 Å². The second kappa shape index (κ2) is 16.4. The van der Waals surface area contributed by atoms with Gasteiger partial charge in [-0.05, 0) is 55.7 Å². The fourth-order valence-electron chi connectivity index (χ4n) is 5.22. The average Bonchev–Trinajstić information content (AvgIpc) is 3.09. The monoisotopic (exact) mass is 706 g/mol. The van der Waals surface area contributed by atoms with Crippen molar-refractivity contribution in [3.8, 4) is 5.75 Å². The summed E-state index contributed by atoms with van der Waals surface area (Å²) in [4.78, 5) is 40.7. The molecule has 2 amide bonds. The average molecular weight is 707 g/mol. The van der Waals surface area contributed by atoms with Crippen molar-refractivity contribution >= 4 is 44.8 Å². The zero-order chi connectivity index (χ0) is 35.7. The SMILES string of the molecule is CCC(C)NC(=O)C(Cc1ccccc1)N(Cc1ccccc1)C(=O)CN(c1cc(Cl)ccc1OC)S(=O)(=O)c1ccc(C)c([N+](=O)[O-])c1. The van der Waals surface area contributed by atoms with Crippen LogP contribution in [0.25, 0.3) is 0 Å². The number of nitrogens with zero attached hydrogens (tertiary/aromatic N) is 3. The molecule has 0 spiro atoms. The van der Waals surface area contributed by atoms with E-state index in [0.29, 0.717) is 12.0 Å². The number of benzene rings is 4. The highest BCUT2D eigenvalue weighted by molar-refractivity contribution is 7.92. The zero-order valence-electron chi connectivity index (χ0n) is 27.7.